The lowest BCUT2D eigenvalue weighted by Crippen LogP contribution is -2.45. The maximum absolute atomic E-state index is 12.9. The van der Waals surface area contributed by atoms with Crippen molar-refractivity contribution >= 4 is 0 Å². The van der Waals surface area contributed by atoms with Gasteiger partial charge in [-0.1, -0.05) is 19.1 Å². The number of nitrogens with zero attached hydrogens (tertiary/aromatic N) is 1. The smallest absolute Gasteiger partial charge is 0.123 e. The normalized spacial score (nSPS) is 18.6. The highest BCUT2D eigenvalue weighted by Gasteiger charge is 2.23. The quantitative estimate of drug-likeness (QED) is 0.834. The van der Waals surface area contributed by atoms with Crippen molar-refractivity contribution in [1.29, 1.82) is 0 Å². The minimum atomic E-state index is -0.154. The lowest BCUT2D eigenvalue weighted by Gasteiger charge is -2.38. The van der Waals surface area contributed by atoms with E-state index in [9.17, 15) is 4.39 Å². The van der Waals surface area contributed by atoms with Crippen LogP contribution < -0.4 is 5.32 Å². The molecule has 0 spiro atoms. The van der Waals surface area contributed by atoms with E-state index in [0.717, 1.165) is 25.4 Å². The van der Waals surface area contributed by atoms with Crippen molar-refractivity contribution in [3.05, 3.63) is 35.6 Å². The predicted octanol–water partition coefficient (Wildman–Crippen LogP) is 2.47. The molecule has 0 amide bonds. The van der Waals surface area contributed by atoms with E-state index in [1.165, 1.54) is 18.7 Å². The van der Waals surface area contributed by atoms with Gasteiger partial charge in [-0.25, -0.2) is 4.39 Å². The summed E-state index contributed by atoms with van der Waals surface area (Å²) in [6.45, 7) is 6.86. The summed E-state index contributed by atoms with van der Waals surface area (Å²) in [5.41, 5.74) is 1.24. The van der Waals surface area contributed by atoms with Gasteiger partial charge >= 0.3 is 0 Å². The standard InChI is InChI=1S/C15H23FN2/c1-12-10-18(11-12)8-7-14(9-17-2)13-3-5-15(16)6-4-13/h3-6,12,14,17H,7-11H2,1-2H3. The van der Waals surface area contributed by atoms with Gasteiger partial charge in [0.1, 0.15) is 5.82 Å². The third-order valence-electron chi connectivity index (χ3n) is 3.73. The van der Waals surface area contributed by atoms with E-state index in [1.807, 2.05) is 19.2 Å². The molecule has 0 radical (unpaired) electrons. The summed E-state index contributed by atoms with van der Waals surface area (Å²) in [5, 5.41) is 3.24. The van der Waals surface area contributed by atoms with E-state index in [-0.39, 0.29) is 5.82 Å². The second kappa shape index (κ2) is 6.30. The Morgan fingerprint density at radius 1 is 1.33 bits per heavy atom. The predicted molar refractivity (Wildman–Crippen MR) is 73.3 cm³/mol. The molecule has 0 saturated carbocycles. The number of likely N-dealkylation sites (tertiary alicyclic amines) is 1. The zero-order valence-corrected chi connectivity index (χ0v) is 11.3. The van der Waals surface area contributed by atoms with Gasteiger partial charge in [-0.2, -0.15) is 0 Å². The molecular formula is C15H23FN2. The number of hydrogen-bond donors (Lipinski definition) is 1. The van der Waals surface area contributed by atoms with Crippen LogP contribution >= 0.6 is 0 Å². The van der Waals surface area contributed by atoms with Gasteiger partial charge in [-0.3, -0.25) is 0 Å². The molecule has 0 aliphatic carbocycles. The molecule has 1 aromatic rings. The molecule has 100 valence electrons. The first-order chi connectivity index (χ1) is 8.69. The van der Waals surface area contributed by atoms with Crippen molar-refractivity contribution in [1.82, 2.24) is 10.2 Å². The first kappa shape index (κ1) is 13.5. The van der Waals surface area contributed by atoms with Gasteiger partial charge in [-0.05, 0) is 49.5 Å². The van der Waals surface area contributed by atoms with Crippen LogP contribution in [-0.2, 0) is 0 Å². The van der Waals surface area contributed by atoms with Gasteiger partial charge in [0.15, 0.2) is 0 Å². The summed E-state index contributed by atoms with van der Waals surface area (Å²) in [6.07, 6.45) is 1.14. The Hall–Kier alpha value is -0.930. The zero-order valence-electron chi connectivity index (χ0n) is 11.3. The minimum Gasteiger partial charge on any atom is -0.319 e. The number of rotatable bonds is 6. The molecule has 0 aromatic heterocycles. The van der Waals surface area contributed by atoms with E-state index in [4.69, 9.17) is 0 Å². The van der Waals surface area contributed by atoms with Crippen molar-refractivity contribution in [2.75, 3.05) is 33.2 Å². The van der Waals surface area contributed by atoms with E-state index in [0.29, 0.717) is 5.92 Å². The van der Waals surface area contributed by atoms with Crippen molar-refractivity contribution in [3.8, 4) is 0 Å². The Balaban J connectivity index is 1.88. The largest absolute Gasteiger partial charge is 0.319 e. The number of halogens is 1. The van der Waals surface area contributed by atoms with Crippen LogP contribution in [0.5, 0.6) is 0 Å². The molecule has 1 atom stereocenters. The molecule has 1 fully saturated rings. The Morgan fingerprint density at radius 2 is 2.00 bits per heavy atom. The monoisotopic (exact) mass is 250 g/mol. The topological polar surface area (TPSA) is 15.3 Å². The molecule has 1 aliphatic rings. The van der Waals surface area contributed by atoms with E-state index < -0.39 is 0 Å². The fourth-order valence-corrected chi connectivity index (χ4v) is 2.72. The summed E-state index contributed by atoms with van der Waals surface area (Å²) in [6, 6.07) is 6.94. The molecule has 1 aromatic carbocycles. The Bertz CT molecular complexity index is 357. The Kier molecular flexibility index (Phi) is 4.72. The van der Waals surface area contributed by atoms with Crippen molar-refractivity contribution in [3.63, 3.8) is 0 Å². The average Bonchev–Trinajstić information content (AvgIpc) is 2.33. The van der Waals surface area contributed by atoms with Crippen LogP contribution in [0.1, 0.15) is 24.8 Å². The van der Waals surface area contributed by atoms with Crippen LogP contribution in [0.4, 0.5) is 4.39 Å². The summed E-state index contributed by atoms with van der Waals surface area (Å²) >= 11 is 0. The highest BCUT2D eigenvalue weighted by Crippen LogP contribution is 2.22. The number of benzene rings is 1. The zero-order chi connectivity index (χ0) is 13.0. The maximum atomic E-state index is 12.9. The number of likely N-dealkylation sites (N-methyl/N-ethyl adjacent to an activating group) is 1. The number of hydrogen-bond acceptors (Lipinski definition) is 2. The molecule has 1 N–H and O–H groups in total. The summed E-state index contributed by atoms with van der Waals surface area (Å²) in [4.78, 5) is 2.50. The van der Waals surface area contributed by atoms with E-state index in [1.54, 1.807) is 12.1 Å². The molecular weight excluding hydrogens is 227 g/mol. The highest BCUT2D eigenvalue weighted by atomic mass is 19.1. The van der Waals surface area contributed by atoms with E-state index in [2.05, 4.69) is 17.1 Å². The molecule has 1 aliphatic heterocycles. The first-order valence-corrected chi connectivity index (χ1v) is 6.81. The van der Waals surface area contributed by atoms with Gasteiger partial charge < -0.3 is 10.2 Å². The fraction of sp³-hybridized carbons (Fsp3) is 0.600. The molecule has 3 heteroatoms. The van der Waals surface area contributed by atoms with Gasteiger partial charge in [0, 0.05) is 19.6 Å². The van der Waals surface area contributed by atoms with E-state index >= 15 is 0 Å². The van der Waals surface area contributed by atoms with Crippen LogP contribution in [0.25, 0.3) is 0 Å². The molecule has 2 rings (SSSR count). The maximum Gasteiger partial charge on any atom is 0.123 e. The molecule has 0 bridgehead atoms. The molecule has 1 heterocycles. The average molecular weight is 250 g/mol. The van der Waals surface area contributed by atoms with Gasteiger partial charge in [0.25, 0.3) is 0 Å². The van der Waals surface area contributed by atoms with Crippen LogP contribution in [0.2, 0.25) is 0 Å². The second-order valence-corrected chi connectivity index (χ2v) is 5.46. The van der Waals surface area contributed by atoms with Gasteiger partial charge in [0.2, 0.25) is 0 Å². The third kappa shape index (κ3) is 3.53. The molecule has 1 saturated heterocycles. The van der Waals surface area contributed by atoms with Crippen LogP contribution in [0.15, 0.2) is 24.3 Å². The third-order valence-corrected chi connectivity index (χ3v) is 3.73. The Morgan fingerprint density at radius 3 is 2.56 bits per heavy atom. The summed E-state index contributed by atoms with van der Waals surface area (Å²) in [7, 11) is 1.97. The Labute approximate surface area is 109 Å². The first-order valence-electron chi connectivity index (χ1n) is 6.81. The molecule has 1 unspecified atom stereocenters. The fourth-order valence-electron chi connectivity index (χ4n) is 2.72. The van der Waals surface area contributed by atoms with Crippen LogP contribution in [0, 0.1) is 11.7 Å². The van der Waals surface area contributed by atoms with Crippen molar-refractivity contribution in [2.45, 2.75) is 19.3 Å². The lowest BCUT2D eigenvalue weighted by atomic mass is 9.94. The lowest BCUT2D eigenvalue weighted by molar-refractivity contribution is 0.109. The van der Waals surface area contributed by atoms with Gasteiger partial charge in [0.05, 0.1) is 0 Å². The second-order valence-electron chi connectivity index (χ2n) is 5.46. The van der Waals surface area contributed by atoms with Gasteiger partial charge in [-0.15, -0.1) is 0 Å². The highest BCUT2D eigenvalue weighted by molar-refractivity contribution is 5.20. The molecule has 2 nitrogen and oxygen atoms in total. The van der Waals surface area contributed by atoms with Crippen molar-refractivity contribution in [2.24, 2.45) is 5.92 Å². The van der Waals surface area contributed by atoms with Crippen molar-refractivity contribution < 1.29 is 4.39 Å². The minimum absolute atomic E-state index is 0.154. The number of nitrogens with one attached hydrogen (secondary N) is 1. The summed E-state index contributed by atoms with van der Waals surface area (Å²) in [5.74, 6) is 1.18. The van der Waals surface area contributed by atoms with Crippen LogP contribution in [0.3, 0.4) is 0 Å². The SMILES string of the molecule is CNCC(CCN1CC(C)C1)c1ccc(F)cc1. The molecule has 18 heavy (non-hydrogen) atoms. The van der Waals surface area contributed by atoms with Crippen LogP contribution in [-0.4, -0.2) is 38.1 Å². The summed E-state index contributed by atoms with van der Waals surface area (Å²) < 4.78 is 12.9.